The van der Waals surface area contributed by atoms with Gasteiger partial charge in [0.05, 0.1) is 18.8 Å². The molecular formula is C19H28N2O7S. The molecule has 0 spiro atoms. The summed E-state index contributed by atoms with van der Waals surface area (Å²) in [4.78, 5) is 47.2. The Hall–Kier alpha value is -2.49. The van der Waals surface area contributed by atoms with Crippen molar-refractivity contribution in [2.75, 3.05) is 18.9 Å². The predicted molar refractivity (Wildman–Crippen MR) is 109 cm³/mol. The molecule has 0 aliphatic rings. The van der Waals surface area contributed by atoms with Crippen molar-refractivity contribution in [2.24, 2.45) is 5.18 Å². The molecule has 1 aromatic heterocycles. The van der Waals surface area contributed by atoms with Crippen LogP contribution in [0, 0.1) is 11.8 Å². The number of carbonyl (C=O) groups is 3. The van der Waals surface area contributed by atoms with Gasteiger partial charge >= 0.3 is 17.9 Å². The zero-order valence-electron chi connectivity index (χ0n) is 17.6. The van der Waals surface area contributed by atoms with E-state index in [0.717, 1.165) is 11.3 Å². The third-order valence-corrected chi connectivity index (χ3v) is 5.19. The first-order chi connectivity index (χ1) is 13.4. The summed E-state index contributed by atoms with van der Waals surface area (Å²) in [6, 6.07) is 0. The molecule has 0 amide bonds. The second kappa shape index (κ2) is 9.82. The summed E-state index contributed by atoms with van der Waals surface area (Å²) in [6.45, 7) is 9.72. The summed E-state index contributed by atoms with van der Waals surface area (Å²) in [5.74, 6) is -1.88. The highest BCUT2D eigenvalue weighted by Crippen LogP contribution is 2.32. The zero-order chi connectivity index (χ0) is 22.4. The van der Waals surface area contributed by atoms with E-state index in [-0.39, 0.29) is 28.7 Å². The van der Waals surface area contributed by atoms with Gasteiger partial charge < -0.3 is 19.9 Å². The normalized spacial score (nSPS) is 11.7. The second-order valence-corrected chi connectivity index (χ2v) is 8.61. The highest BCUT2D eigenvalue weighted by molar-refractivity contribution is 7.18. The maximum Gasteiger partial charge on any atom is 0.348 e. The number of anilines is 1. The van der Waals surface area contributed by atoms with E-state index in [1.807, 2.05) is 0 Å². The van der Waals surface area contributed by atoms with Crippen molar-refractivity contribution in [1.29, 1.82) is 0 Å². The van der Waals surface area contributed by atoms with E-state index < -0.39 is 29.0 Å². The molecular weight excluding hydrogens is 400 g/mol. The molecule has 0 unspecified atom stereocenters. The fourth-order valence-electron chi connectivity index (χ4n) is 2.38. The van der Waals surface area contributed by atoms with E-state index in [1.165, 1.54) is 13.8 Å². The van der Waals surface area contributed by atoms with E-state index >= 15 is 0 Å². The van der Waals surface area contributed by atoms with Crippen molar-refractivity contribution in [3.63, 3.8) is 0 Å². The maximum atomic E-state index is 12.3. The van der Waals surface area contributed by atoms with Crippen LogP contribution >= 0.6 is 11.3 Å². The van der Waals surface area contributed by atoms with Crippen LogP contribution in [0.4, 0.5) is 5.00 Å². The van der Waals surface area contributed by atoms with Gasteiger partial charge in [0.15, 0.2) is 5.54 Å². The third-order valence-electron chi connectivity index (χ3n) is 4.09. The predicted octanol–water partition coefficient (Wildman–Crippen LogP) is 3.62. The van der Waals surface area contributed by atoms with Gasteiger partial charge in [0.25, 0.3) is 0 Å². The Morgan fingerprint density at radius 1 is 1.10 bits per heavy atom. The first-order valence-electron chi connectivity index (χ1n) is 9.17. The topological polar surface area (TPSA) is 134 Å². The number of nitrogens with zero attached hydrogens (tertiary/aromatic N) is 1. The third kappa shape index (κ3) is 6.52. The number of nitrogen functional groups attached to an aromatic ring is 1. The average molecular weight is 429 g/mol. The summed E-state index contributed by atoms with van der Waals surface area (Å²) in [7, 11) is 0. The molecule has 0 bridgehead atoms. The summed E-state index contributed by atoms with van der Waals surface area (Å²) in [5, 5.41) is 2.96. The Balaban J connectivity index is 2.62. The van der Waals surface area contributed by atoms with Gasteiger partial charge in [-0.2, -0.15) is 0 Å². The summed E-state index contributed by atoms with van der Waals surface area (Å²) in [5.41, 5.74) is 4.14. The highest BCUT2D eigenvalue weighted by atomic mass is 32.1. The first kappa shape index (κ1) is 24.5. The van der Waals surface area contributed by atoms with Crippen molar-refractivity contribution < 1.29 is 28.6 Å². The molecule has 10 heteroatoms. The number of hydrogen-bond acceptors (Lipinski definition) is 10. The highest BCUT2D eigenvalue weighted by Gasteiger charge is 2.35. The summed E-state index contributed by atoms with van der Waals surface area (Å²) >= 11 is 0.974. The number of rotatable bonds is 10. The van der Waals surface area contributed by atoms with E-state index in [9.17, 15) is 19.3 Å². The van der Waals surface area contributed by atoms with Crippen LogP contribution < -0.4 is 5.73 Å². The van der Waals surface area contributed by atoms with Crippen molar-refractivity contribution in [3.05, 3.63) is 20.9 Å². The Morgan fingerprint density at radius 2 is 1.72 bits per heavy atom. The lowest BCUT2D eigenvalue weighted by Crippen LogP contribution is -2.38. The van der Waals surface area contributed by atoms with E-state index in [2.05, 4.69) is 5.18 Å². The Labute approximate surface area is 173 Å². The number of nitrogens with two attached hydrogens (primary N) is 1. The average Bonchev–Trinajstić information content (AvgIpc) is 2.92. The lowest BCUT2D eigenvalue weighted by atomic mass is 10.0. The van der Waals surface area contributed by atoms with Crippen molar-refractivity contribution in [2.45, 2.75) is 65.5 Å². The van der Waals surface area contributed by atoms with Crippen LogP contribution in [0.3, 0.4) is 0 Å². The first-order valence-corrected chi connectivity index (χ1v) is 9.99. The van der Waals surface area contributed by atoms with Crippen molar-refractivity contribution >= 4 is 34.2 Å². The van der Waals surface area contributed by atoms with Crippen LogP contribution in [0.15, 0.2) is 5.18 Å². The molecule has 0 aliphatic heterocycles. The standard InChI is InChI=1S/C19H28N2O7S/c1-7-26-15(22)12-11(2)13(29-14(12)20)16(23)27-10-8-9-18(3,4)28-17(24)19(5,6)21-25/h7-10,20H2,1-6H3. The molecule has 0 saturated heterocycles. The Kier molecular flexibility index (Phi) is 8.31. The minimum Gasteiger partial charge on any atom is -0.462 e. The summed E-state index contributed by atoms with van der Waals surface area (Å²) < 4.78 is 15.5. The van der Waals surface area contributed by atoms with Gasteiger partial charge in [-0.3, -0.25) is 0 Å². The Morgan fingerprint density at radius 3 is 2.28 bits per heavy atom. The van der Waals surface area contributed by atoms with Crippen molar-refractivity contribution in [3.8, 4) is 0 Å². The number of ether oxygens (including phenoxy) is 3. The van der Waals surface area contributed by atoms with Gasteiger partial charge in [-0.1, -0.05) is 5.18 Å². The molecule has 1 aromatic rings. The molecule has 0 aliphatic carbocycles. The number of esters is 3. The molecule has 1 rings (SSSR count). The van der Waals surface area contributed by atoms with Crippen LogP contribution in [-0.2, 0) is 19.0 Å². The molecule has 9 nitrogen and oxygen atoms in total. The lowest BCUT2D eigenvalue weighted by molar-refractivity contribution is -0.162. The zero-order valence-corrected chi connectivity index (χ0v) is 18.4. The van der Waals surface area contributed by atoms with Gasteiger partial charge in [0.2, 0.25) is 0 Å². The van der Waals surface area contributed by atoms with E-state index in [4.69, 9.17) is 19.9 Å². The van der Waals surface area contributed by atoms with Crippen LogP contribution in [0.5, 0.6) is 0 Å². The molecule has 2 N–H and O–H groups in total. The molecule has 0 aromatic carbocycles. The number of carbonyl (C=O) groups excluding carboxylic acids is 3. The van der Waals surface area contributed by atoms with E-state index in [0.29, 0.717) is 18.4 Å². The maximum absolute atomic E-state index is 12.3. The van der Waals surface area contributed by atoms with Gasteiger partial charge in [-0.25, -0.2) is 14.4 Å². The molecule has 0 fully saturated rings. The molecule has 0 atom stereocenters. The quantitative estimate of drug-likeness (QED) is 0.258. The number of nitroso groups, excluding NO2 is 1. The van der Waals surface area contributed by atoms with Gasteiger partial charge in [0, 0.05) is 0 Å². The van der Waals surface area contributed by atoms with Gasteiger partial charge in [-0.15, -0.1) is 16.2 Å². The smallest absolute Gasteiger partial charge is 0.348 e. The van der Waals surface area contributed by atoms with E-state index in [1.54, 1.807) is 27.7 Å². The van der Waals surface area contributed by atoms with Crippen LogP contribution in [0.2, 0.25) is 0 Å². The fraction of sp³-hybridized carbons (Fsp3) is 0.632. The van der Waals surface area contributed by atoms with Crippen LogP contribution in [-0.4, -0.2) is 42.3 Å². The monoisotopic (exact) mass is 428 g/mol. The van der Waals surface area contributed by atoms with Gasteiger partial charge in [-0.05, 0) is 59.9 Å². The Bertz CT molecular complexity index is 784. The SMILES string of the molecule is CCOC(=O)c1c(N)sc(C(=O)OCCCC(C)(C)OC(=O)C(C)(C)N=O)c1C. The van der Waals surface area contributed by atoms with Crippen LogP contribution in [0.25, 0.3) is 0 Å². The molecule has 162 valence electrons. The number of hydrogen-bond donors (Lipinski definition) is 1. The summed E-state index contributed by atoms with van der Waals surface area (Å²) in [6.07, 6.45) is 0.826. The molecule has 0 saturated carbocycles. The molecule has 29 heavy (non-hydrogen) atoms. The minimum atomic E-state index is -1.46. The largest absolute Gasteiger partial charge is 0.462 e. The van der Waals surface area contributed by atoms with Crippen molar-refractivity contribution in [1.82, 2.24) is 0 Å². The molecule has 0 radical (unpaired) electrons. The minimum absolute atomic E-state index is 0.0844. The van der Waals surface area contributed by atoms with Gasteiger partial charge in [0.1, 0.15) is 15.5 Å². The van der Waals surface area contributed by atoms with Crippen LogP contribution in [0.1, 0.15) is 73.1 Å². The lowest BCUT2D eigenvalue weighted by Gasteiger charge is -2.28. The molecule has 1 heterocycles. The fourth-order valence-corrected chi connectivity index (χ4v) is 3.34. The number of thiophene rings is 1. The second-order valence-electron chi connectivity index (χ2n) is 7.55.